The van der Waals surface area contributed by atoms with Gasteiger partial charge in [0.1, 0.15) is 6.33 Å². The predicted molar refractivity (Wildman–Crippen MR) is 83.9 cm³/mol. The Labute approximate surface area is 133 Å². The summed E-state index contributed by atoms with van der Waals surface area (Å²) in [6.07, 6.45) is 4.75. The molecule has 0 aliphatic rings. The summed E-state index contributed by atoms with van der Waals surface area (Å²) in [5.41, 5.74) is 1.91. The van der Waals surface area contributed by atoms with Crippen molar-refractivity contribution in [1.82, 2.24) is 29.9 Å². The molecule has 1 aromatic carbocycles. The number of para-hydroxylation sites is 1. The van der Waals surface area contributed by atoms with Crippen LogP contribution in [0.25, 0.3) is 5.69 Å². The molecule has 3 aromatic rings. The maximum atomic E-state index is 12.6. The Kier molecular flexibility index (Phi) is 4.09. The van der Waals surface area contributed by atoms with Crippen molar-refractivity contribution in [2.75, 3.05) is 7.05 Å². The number of hydrogen-bond acceptors (Lipinski definition) is 5. The fraction of sp³-hybridized carbons (Fsp3) is 0.188. The van der Waals surface area contributed by atoms with Gasteiger partial charge in [-0.15, -0.1) is 5.10 Å². The predicted octanol–water partition coefficient (Wildman–Crippen LogP) is 1.89. The topological polar surface area (TPSA) is 76.8 Å². The summed E-state index contributed by atoms with van der Waals surface area (Å²) < 4.78 is 1.58. The molecule has 23 heavy (non-hydrogen) atoms. The first kappa shape index (κ1) is 14.8. The van der Waals surface area contributed by atoms with Crippen LogP contribution in [-0.2, 0) is 0 Å². The zero-order valence-corrected chi connectivity index (χ0v) is 12.9. The molecular formula is C16H16N6O. The van der Waals surface area contributed by atoms with Crippen molar-refractivity contribution in [3.8, 4) is 5.69 Å². The molecule has 1 atom stereocenters. The van der Waals surface area contributed by atoms with E-state index in [-0.39, 0.29) is 17.6 Å². The van der Waals surface area contributed by atoms with Crippen molar-refractivity contribution >= 4 is 5.91 Å². The third-order valence-corrected chi connectivity index (χ3v) is 3.67. The minimum absolute atomic E-state index is 0.188. The van der Waals surface area contributed by atoms with Gasteiger partial charge in [-0.25, -0.2) is 14.6 Å². The maximum absolute atomic E-state index is 12.6. The molecule has 7 nitrogen and oxygen atoms in total. The quantitative estimate of drug-likeness (QED) is 0.735. The monoisotopic (exact) mass is 308 g/mol. The molecule has 1 amide bonds. The van der Waals surface area contributed by atoms with Crippen LogP contribution in [0, 0.1) is 0 Å². The number of hydrogen-bond donors (Lipinski definition) is 0. The normalized spacial score (nSPS) is 11.9. The molecule has 7 heteroatoms. The van der Waals surface area contributed by atoms with Crippen LogP contribution in [0.3, 0.4) is 0 Å². The zero-order chi connectivity index (χ0) is 16.2. The van der Waals surface area contributed by atoms with Crippen LogP contribution < -0.4 is 0 Å². The van der Waals surface area contributed by atoms with Crippen molar-refractivity contribution < 1.29 is 4.79 Å². The first-order valence-corrected chi connectivity index (χ1v) is 7.17. The number of benzene rings is 1. The summed E-state index contributed by atoms with van der Waals surface area (Å²) in [6.45, 7) is 1.90. The Hall–Kier alpha value is -3.09. The summed E-state index contributed by atoms with van der Waals surface area (Å²) in [6, 6.07) is 11.1. The van der Waals surface area contributed by atoms with Crippen molar-refractivity contribution in [2.24, 2.45) is 0 Å². The fourth-order valence-electron chi connectivity index (χ4n) is 2.17. The maximum Gasteiger partial charge on any atom is 0.276 e. The second-order valence-electron chi connectivity index (χ2n) is 5.11. The highest BCUT2D eigenvalue weighted by Crippen LogP contribution is 2.17. The van der Waals surface area contributed by atoms with Crippen molar-refractivity contribution in [1.29, 1.82) is 0 Å². The highest BCUT2D eigenvalue weighted by atomic mass is 16.2. The summed E-state index contributed by atoms with van der Waals surface area (Å²) in [4.78, 5) is 22.2. The number of amides is 1. The minimum Gasteiger partial charge on any atom is -0.332 e. The van der Waals surface area contributed by atoms with Gasteiger partial charge in [-0.2, -0.15) is 0 Å². The van der Waals surface area contributed by atoms with Crippen LogP contribution in [0.2, 0.25) is 0 Å². The van der Waals surface area contributed by atoms with Crippen molar-refractivity contribution in [3.05, 3.63) is 66.5 Å². The van der Waals surface area contributed by atoms with Gasteiger partial charge in [0.05, 0.1) is 23.6 Å². The molecule has 0 aliphatic heterocycles. The average Bonchev–Trinajstić information content (AvgIpc) is 3.11. The third-order valence-electron chi connectivity index (χ3n) is 3.67. The van der Waals surface area contributed by atoms with Gasteiger partial charge in [0.15, 0.2) is 5.69 Å². The molecular weight excluding hydrogens is 292 g/mol. The Bertz CT molecular complexity index is 787. The molecule has 2 heterocycles. The van der Waals surface area contributed by atoms with E-state index in [0.29, 0.717) is 0 Å². The van der Waals surface area contributed by atoms with Gasteiger partial charge in [-0.05, 0) is 25.1 Å². The molecule has 0 saturated carbocycles. The van der Waals surface area contributed by atoms with E-state index in [9.17, 15) is 4.79 Å². The van der Waals surface area contributed by atoms with E-state index in [1.807, 2.05) is 37.3 Å². The van der Waals surface area contributed by atoms with E-state index >= 15 is 0 Å². The third kappa shape index (κ3) is 3.08. The molecule has 0 N–H and O–H groups in total. The summed E-state index contributed by atoms with van der Waals surface area (Å²) in [5, 5.41) is 7.99. The van der Waals surface area contributed by atoms with Gasteiger partial charge in [0.25, 0.3) is 5.91 Å². The first-order valence-electron chi connectivity index (χ1n) is 7.17. The van der Waals surface area contributed by atoms with Gasteiger partial charge >= 0.3 is 0 Å². The standard InChI is InChI=1S/C16H16N6O/c1-12(14-8-9-17-11-18-14)21(2)16(23)15-10-22(20-19-15)13-6-4-3-5-7-13/h3-12H,1-2H3. The highest BCUT2D eigenvalue weighted by molar-refractivity contribution is 5.92. The number of aromatic nitrogens is 5. The number of carbonyl (C=O) groups excluding carboxylic acids is 1. The summed E-state index contributed by atoms with van der Waals surface area (Å²) in [5.74, 6) is -0.210. The molecule has 2 aromatic heterocycles. The van der Waals surface area contributed by atoms with Gasteiger partial charge in [-0.3, -0.25) is 4.79 Å². The van der Waals surface area contributed by atoms with E-state index in [1.165, 1.54) is 6.33 Å². The van der Waals surface area contributed by atoms with Crippen LogP contribution >= 0.6 is 0 Å². The van der Waals surface area contributed by atoms with Crippen molar-refractivity contribution in [3.63, 3.8) is 0 Å². The van der Waals surface area contributed by atoms with E-state index in [1.54, 1.807) is 35.1 Å². The van der Waals surface area contributed by atoms with Crippen LogP contribution in [0.4, 0.5) is 0 Å². The number of rotatable bonds is 4. The second kappa shape index (κ2) is 6.35. The lowest BCUT2D eigenvalue weighted by molar-refractivity contribution is 0.0733. The van der Waals surface area contributed by atoms with E-state index in [0.717, 1.165) is 11.4 Å². The zero-order valence-electron chi connectivity index (χ0n) is 12.9. The van der Waals surface area contributed by atoms with E-state index in [4.69, 9.17) is 0 Å². The highest BCUT2D eigenvalue weighted by Gasteiger charge is 2.22. The van der Waals surface area contributed by atoms with E-state index in [2.05, 4.69) is 20.3 Å². The Morgan fingerprint density at radius 1 is 1.22 bits per heavy atom. The van der Waals surface area contributed by atoms with E-state index < -0.39 is 0 Å². The summed E-state index contributed by atoms with van der Waals surface area (Å²) >= 11 is 0. The van der Waals surface area contributed by atoms with Crippen LogP contribution in [0.1, 0.15) is 29.1 Å². The fourth-order valence-corrected chi connectivity index (χ4v) is 2.17. The molecule has 3 rings (SSSR count). The lowest BCUT2D eigenvalue weighted by Gasteiger charge is -2.23. The van der Waals surface area contributed by atoms with Crippen molar-refractivity contribution in [2.45, 2.75) is 13.0 Å². The minimum atomic E-state index is -0.210. The molecule has 0 bridgehead atoms. The lowest BCUT2D eigenvalue weighted by atomic mass is 10.2. The largest absolute Gasteiger partial charge is 0.332 e. The molecule has 0 radical (unpaired) electrons. The molecule has 0 fully saturated rings. The number of carbonyl (C=O) groups is 1. The average molecular weight is 308 g/mol. The molecule has 0 aliphatic carbocycles. The van der Waals surface area contributed by atoms with Crippen LogP contribution in [-0.4, -0.2) is 42.8 Å². The van der Waals surface area contributed by atoms with Gasteiger partial charge < -0.3 is 4.90 Å². The smallest absolute Gasteiger partial charge is 0.276 e. The molecule has 116 valence electrons. The van der Waals surface area contributed by atoms with Crippen LogP contribution in [0.15, 0.2) is 55.1 Å². The second-order valence-corrected chi connectivity index (χ2v) is 5.11. The molecule has 0 saturated heterocycles. The van der Waals surface area contributed by atoms with Gasteiger partial charge in [0.2, 0.25) is 0 Å². The molecule has 0 spiro atoms. The Morgan fingerprint density at radius 3 is 2.70 bits per heavy atom. The summed E-state index contributed by atoms with van der Waals surface area (Å²) in [7, 11) is 1.72. The Balaban J connectivity index is 1.79. The van der Waals surface area contributed by atoms with Gasteiger partial charge in [0, 0.05) is 13.2 Å². The first-order chi connectivity index (χ1) is 11.2. The number of nitrogens with zero attached hydrogens (tertiary/aromatic N) is 6. The SMILES string of the molecule is CC(c1ccncn1)N(C)C(=O)c1cn(-c2ccccc2)nn1. The van der Waals surface area contributed by atoms with Crippen LogP contribution in [0.5, 0.6) is 0 Å². The lowest BCUT2D eigenvalue weighted by Crippen LogP contribution is -2.30. The molecule has 1 unspecified atom stereocenters. The van der Waals surface area contributed by atoms with Gasteiger partial charge in [-0.1, -0.05) is 23.4 Å². The Morgan fingerprint density at radius 2 is 2.00 bits per heavy atom.